The molecule has 2 N–H and O–H groups in total. The van der Waals surface area contributed by atoms with Crippen molar-refractivity contribution in [3.63, 3.8) is 0 Å². The van der Waals surface area contributed by atoms with Gasteiger partial charge in [0, 0.05) is 24.6 Å². The summed E-state index contributed by atoms with van der Waals surface area (Å²) >= 11 is 4.49. The molecule has 0 spiro atoms. The molecule has 0 radical (unpaired) electrons. The minimum absolute atomic E-state index is 0.0224. The zero-order valence-electron chi connectivity index (χ0n) is 16.2. The van der Waals surface area contributed by atoms with Crippen molar-refractivity contribution >= 4 is 43.2 Å². The molecule has 0 bridgehead atoms. The number of nitrogens with one attached hydrogen (secondary N) is 2. The number of hydrogen-bond acceptors (Lipinski definition) is 5. The lowest BCUT2D eigenvalue weighted by Gasteiger charge is -2.27. The summed E-state index contributed by atoms with van der Waals surface area (Å²) in [6.07, 6.45) is 3.22. The number of thiophene rings is 1. The second kappa shape index (κ2) is 10.1. The van der Waals surface area contributed by atoms with Crippen molar-refractivity contribution in [1.29, 1.82) is 0 Å². The third-order valence-corrected chi connectivity index (χ3v) is 8.78. The standard InChI is InChI=1S/C20H25BrN2O4S2/c1-27-17-5-3-2-4-16(17)13-22-20(24)15-8-6-14(7-9-15)12-23-29(25,26)19-11-10-18(21)28-19/h2-5,10-11,14-15,23H,6-9,12-13H2,1H3,(H,22,24). The van der Waals surface area contributed by atoms with Gasteiger partial charge in [-0.25, -0.2) is 13.1 Å². The maximum atomic E-state index is 12.5. The fourth-order valence-corrected chi connectivity index (χ4v) is 6.72. The molecule has 158 valence electrons. The predicted octanol–water partition coefficient (Wildman–Crippen LogP) is 3.92. The number of methoxy groups -OCH3 is 1. The van der Waals surface area contributed by atoms with E-state index in [-0.39, 0.29) is 17.7 Å². The van der Waals surface area contributed by atoms with Crippen molar-refractivity contribution in [2.45, 2.75) is 36.4 Å². The fraction of sp³-hybridized carbons (Fsp3) is 0.450. The second-order valence-corrected chi connectivity index (χ2v) is 11.6. The van der Waals surface area contributed by atoms with Gasteiger partial charge in [0.15, 0.2) is 0 Å². The summed E-state index contributed by atoms with van der Waals surface area (Å²) in [6, 6.07) is 11.0. The van der Waals surface area contributed by atoms with E-state index in [1.165, 1.54) is 11.3 Å². The van der Waals surface area contributed by atoms with E-state index < -0.39 is 10.0 Å². The lowest BCUT2D eigenvalue weighted by molar-refractivity contribution is -0.126. The smallest absolute Gasteiger partial charge is 0.250 e. The van der Waals surface area contributed by atoms with Gasteiger partial charge in [-0.15, -0.1) is 11.3 Å². The van der Waals surface area contributed by atoms with Crippen LogP contribution in [0.3, 0.4) is 0 Å². The van der Waals surface area contributed by atoms with E-state index >= 15 is 0 Å². The van der Waals surface area contributed by atoms with E-state index in [4.69, 9.17) is 4.74 Å². The van der Waals surface area contributed by atoms with Crippen LogP contribution in [0.2, 0.25) is 0 Å². The first kappa shape index (κ1) is 22.3. The van der Waals surface area contributed by atoms with E-state index in [1.54, 1.807) is 19.2 Å². The van der Waals surface area contributed by atoms with Gasteiger partial charge < -0.3 is 10.1 Å². The molecule has 0 unspecified atom stereocenters. The molecule has 1 aliphatic carbocycles. The summed E-state index contributed by atoms with van der Waals surface area (Å²) < 4.78 is 33.8. The van der Waals surface area contributed by atoms with Gasteiger partial charge >= 0.3 is 0 Å². The van der Waals surface area contributed by atoms with E-state index in [9.17, 15) is 13.2 Å². The number of carbonyl (C=O) groups excluding carboxylic acids is 1. The molecule has 6 nitrogen and oxygen atoms in total. The second-order valence-electron chi connectivity index (χ2n) is 7.16. The Morgan fingerprint density at radius 2 is 1.90 bits per heavy atom. The number of para-hydroxylation sites is 1. The van der Waals surface area contributed by atoms with Crippen LogP contribution in [0.4, 0.5) is 0 Å². The summed E-state index contributed by atoms with van der Waals surface area (Å²) in [7, 11) is -1.85. The molecular formula is C20H25BrN2O4S2. The summed E-state index contributed by atoms with van der Waals surface area (Å²) in [6.45, 7) is 0.854. The SMILES string of the molecule is COc1ccccc1CNC(=O)C1CCC(CNS(=O)(=O)c2ccc(Br)s2)CC1. The molecule has 1 fully saturated rings. The largest absolute Gasteiger partial charge is 0.496 e. The number of hydrogen-bond donors (Lipinski definition) is 2. The van der Waals surface area contributed by atoms with Crippen LogP contribution < -0.4 is 14.8 Å². The molecule has 1 aromatic heterocycles. The van der Waals surface area contributed by atoms with E-state index in [0.717, 1.165) is 40.8 Å². The van der Waals surface area contributed by atoms with Gasteiger partial charge in [-0.05, 0) is 65.7 Å². The maximum absolute atomic E-state index is 12.5. The first-order chi connectivity index (χ1) is 13.9. The molecule has 29 heavy (non-hydrogen) atoms. The molecule has 2 aromatic rings. The van der Waals surface area contributed by atoms with Crippen LogP contribution in [0, 0.1) is 11.8 Å². The summed E-state index contributed by atoms with van der Waals surface area (Å²) in [4.78, 5) is 12.5. The topological polar surface area (TPSA) is 84.5 Å². The van der Waals surface area contributed by atoms with Crippen molar-refractivity contribution in [1.82, 2.24) is 10.0 Å². The van der Waals surface area contributed by atoms with Gasteiger partial charge in [-0.1, -0.05) is 18.2 Å². The molecule has 9 heteroatoms. The maximum Gasteiger partial charge on any atom is 0.250 e. The zero-order valence-corrected chi connectivity index (χ0v) is 19.4. The van der Waals surface area contributed by atoms with E-state index in [2.05, 4.69) is 26.0 Å². The molecule has 0 atom stereocenters. The van der Waals surface area contributed by atoms with Gasteiger partial charge in [-0.3, -0.25) is 4.79 Å². The minimum atomic E-state index is -3.47. The summed E-state index contributed by atoms with van der Waals surface area (Å²) in [5.41, 5.74) is 0.951. The Kier molecular flexibility index (Phi) is 7.72. The Bertz CT molecular complexity index is 937. The van der Waals surface area contributed by atoms with Crippen molar-refractivity contribution in [3.05, 3.63) is 45.7 Å². The Morgan fingerprint density at radius 3 is 2.55 bits per heavy atom. The molecule has 1 aromatic carbocycles. The summed E-state index contributed by atoms with van der Waals surface area (Å²) in [5.74, 6) is 1.05. The molecule has 1 heterocycles. The highest BCUT2D eigenvalue weighted by atomic mass is 79.9. The molecular weight excluding hydrogens is 476 g/mol. The Labute approximate surface area is 184 Å². The average molecular weight is 501 g/mol. The monoisotopic (exact) mass is 500 g/mol. The molecule has 3 rings (SSSR count). The fourth-order valence-electron chi connectivity index (χ4n) is 3.55. The Hall–Kier alpha value is -1.42. The van der Waals surface area contributed by atoms with Crippen molar-refractivity contribution < 1.29 is 17.9 Å². The highest BCUT2D eigenvalue weighted by Gasteiger charge is 2.27. The molecule has 0 saturated heterocycles. The Balaban J connectivity index is 1.43. The van der Waals surface area contributed by atoms with E-state index in [1.807, 2.05) is 24.3 Å². The van der Waals surface area contributed by atoms with Crippen LogP contribution in [0.25, 0.3) is 0 Å². The molecule has 1 saturated carbocycles. The summed E-state index contributed by atoms with van der Waals surface area (Å²) in [5, 5.41) is 3.00. The van der Waals surface area contributed by atoms with E-state index in [0.29, 0.717) is 17.3 Å². The lowest BCUT2D eigenvalue weighted by Crippen LogP contribution is -2.35. The van der Waals surface area contributed by atoms with Crippen molar-refractivity contribution in [2.24, 2.45) is 11.8 Å². The zero-order chi connectivity index (χ0) is 20.9. The van der Waals surface area contributed by atoms with Crippen LogP contribution in [0.15, 0.2) is 44.4 Å². The van der Waals surface area contributed by atoms with Crippen LogP contribution in [-0.4, -0.2) is 28.0 Å². The van der Waals surface area contributed by atoms with Crippen molar-refractivity contribution in [3.8, 4) is 5.75 Å². The number of rotatable bonds is 8. The average Bonchev–Trinajstić information content (AvgIpc) is 3.18. The number of amides is 1. The van der Waals surface area contributed by atoms with Crippen LogP contribution in [-0.2, 0) is 21.4 Å². The highest BCUT2D eigenvalue weighted by molar-refractivity contribution is 9.11. The van der Waals surface area contributed by atoms with Crippen LogP contribution in [0.1, 0.15) is 31.2 Å². The number of halogens is 1. The third kappa shape index (κ3) is 6.04. The normalized spacial score (nSPS) is 19.7. The van der Waals surface area contributed by atoms with Gasteiger partial charge in [0.2, 0.25) is 15.9 Å². The number of carbonyl (C=O) groups is 1. The lowest BCUT2D eigenvalue weighted by atomic mass is 9.81. The minimum Gasteiger partial charge on any atom is -0.496 e. The van der Waals surface area contributed by atoms with Crippen LogP contribution in [0.5, 0.6) is 5.75 Å². The quantitative estimate of drug-likeness (QED) is 0.575. The first-order valence-corrected chi connectivity index (χ1v) is 12.6. The number of ether oxygens (including phenoxy) is 1. The number of sulfonamides is 1. The highest BCUT2D eigenvalue weighted by Crippen LogP contribution is 2.30. The van der Waals surface area contributed by atoms with Gasteiger partial charge in [0.1, 0.15) is 9.96 Å². The van der Waals surface area contributed by atoms with Crippen LogP contribution >= 0.6 is 27.3 Å². The predicted molar refractivity (Wildman–Crippen MR) is 117 cm³/mol. The molecule has 0 aliphatic heterocycles. The van der Waals surface area contributed by atoms with Gasteiger partial charge in [0.25, 0.3) is 0 Å². The van der Waals surface area contributed by atoms with Crippen molar-refractivity contribution in [2.75, 3.05) is 13.7 Å². The first-order valence-electron chi connectivity index (χ1n) is 9.53. The Morgan fingerprint density at radius 1 is 1.17 bits per heavy atom. The van der Waals surface area contributed by atoms with Gasteiger partial charge in [-0.2, -0.15) is 0 Å². The van der Waals surface area contributed by atoms with Gasteiger partial charge in [0.05, 0.1) is 10.9 Å². The molecule has 1 aliphatic rings. The number of benzene rings is 1. The third-order valence-electron chi connectivity index (χ3n) is 5.24. The molecule has 1 amide bonds.